The van der Waals surface area contributed by atoms with E-state index in [0.29, 0.717) is 5.56 Å². The van der Waals surface area contributed by atoms with E-state index in [9.17, 15) is 4.79 Å². The number of aromatic amines is 2. The number of H-pyrrole nitrogens is 2. The number of rotatable bonds is 2. The third kappa shape index (κ3) is 1.48. The van der Waals surface area contributed by atoms with Crippen molar-refractivity contribution >= 4 is 16.9 Å². The molecule has 0 atom stereocenters. The first-order valence-corrected chi connectivity index (χ1v) is 5.16. The van der Waals surface area contributed by atoms with E-state index in [1.165, 1.54) is 0 Å². The molecule has 0 radical (unpaired) electrons. The summed E-state index contributed by atoms with van der Waals surface area (Å²) in [5.74, 6) is -0.438. The Morgan fingerprint density at radius 1 is 1.29 bits per heavy atom. The summed E-state index contributed by atoms with van der Waals surface area (Å²) >= 11 is 0. The van der Waals surface area contributed by atoms with Crippen molar-refractivity contribution < 1.29 is 4.79 Å². The van der Waals surface area contributed by atoms with Crippen molar-refractivity contribution in [3.63, 3.8) is 0 Å². The number of carbonyl (C=O) groups excluding carboxylic acids is 1. The minimum absolute atomic E-state index is 0.438. The Morgan fingerprint density at radius 3 is 2.94 bits per heavy atom. The van der Waals surface area contributed by atoms with E-state index in [0.717, 1.165) is 22.3 Å². The van der Waals surface area contributed by atoms with Crippen molar-refractivity contribution in [2.24, 2.45) is 5.73 Å². The highest BCUT2D eigenvalue weighted by atomic mass is 16.1. The molecular formula is C12H10N4O. The maximum atomic E-state index is 11.0. The fourth-order valence-corrected chi connectivity index (χ4v) is 1.89. The Morgan fingerprint density at radius 2 is 2.18 bits per heavy atom. The molecule has 0 bridgehead atoms. The molecule has 0 spiro atoms. The van der Waals surface area contributed by atoms with Crippen LogP contribution in [0.2, 0.25) is 0 Å². The summed E-state index contributed by atoms with van der Waals surface area (Å²) in [5, 5.41) is 1.00. The molecule has 0 aliphatic carbocycles. The number of aromatic nitrogens is 3. The van der Waals surface area contributed by atoms with Gasteiger partial charge >= 0.3 is 0 Å². The maximum absolute atomic E-state index is 11.0. The van der Waals surface area contributed by atoms with Gasteiger partial charge in [0.05, 0.1) is 5.56 Å². The molecule has 84 valence electrons. The quantitative estimate of drug-likeness (QED) is 0.620. The Hall–Kier alpha value is -2.56. The number of carbonyl (C=O) groups is 1. The molecule has 17 heavy (non-hydrogen) atoms. The zero-order valence-corrected chi connectivity index (χ0v) is 8.90. The lowest BCUT2D eigenvalue weighted by Crippen LogP contribution is -2.09. The van der Waals surface area contributed by atoms with Crippen molar-refractivity contribution in [1.29, 1.82) is 0 Å². The molecule has 0 aliphatic heterocycles. The Labute approximate surface area is 96.7 Å². The second-order valence-corrected chi connectivity index (χ2v) is 3.76. The number of hydrogen-bond donors (Lipinski definition) is 3. The van der Waals surface area contributed by atoms with E-state index < -0.39 is 5.91 Å². The van der Waals surface area contributed by atoms with Crippen LogP contribution in [0.3, 0.4) is 0 Å². The SMILES string of the molecule is NC(=O)c1c[nH]c(-c2ccnc3[nH]ccc23)c1. The predicted octanol–water partition coefficient (Wildman–Crippen LogP) is 1.66. The molecule has 1 amide bonds. The predicted molar refractivity (Wildman–Crippen MR) is 64.4 cm³/mol. The van der Waals surface area contributed by atoms with Crippen LogP contribution in [0.5, 0.6) is 0 Å². The number of pyridine rings is 1. The first kappa shape index (κ1) is 9.65. The minimum atomic E-state index is -0.438. The van der Waals surface area contributed by atoms with Gasteiger partial charge in [-0.15, -0.1) is 0 Å². The van der Waals surface area contributed by atoms with Crippen molar-refractivity contribution in [2.75, 3.05) is 0 Å². The number of nitrogens with one attached hydrogen (secondary N) is 2. The fourth-order valence-electron chi connectivity index (χ4n) is 1.89. The molecule has 5 nitrogen and oxygen atoms in total. The largest absolute Gasteiger partial charge is 0.366 e. The molecule has 3 rings (SSSR count). The zero-order chi connectivity index (χ0) is 11.8. The first-order valence-electron chi connectivity index (χ1n) is 5.16. The van der Waals surface area contributed by atoms with Crippen LogP contribution in [0.15, 0.2) is 36.8 Å². The molecule has 0 saturated carbocycles. The highest BCUT2D eigenvalue weighted by Crippen LogP contribution is 2.26. The Balaban J connectivity index is 2.19. The van der Waals surface area contributed by atoms with Gasteiger partial charge in [0.25, 0.3) is 0 Å². The van der Waals surface area contributed by atoms with Gasteiger partial charge in [-0.05, 0) is 18.2 Å². The number of nitrogens with zero attached hydrogens (tertiary/aromatic N) is 1. The monoisotopic (exact) mass is 226 g/mol. The van der Waals surface area contributed by atoms with E-state index in [4.69, 9.17) is 5.73 Å². The fraction of sp³-hybridized carbons (Fsp3) is 0. The van der Waals surface area contributed by atoms with Crippen LogP contribution in [0.4, 0.5) is 0 Å². The van der Waals surface area contributed by atoms with E-state index in [-0.39, 0.29) is 0 Å². The van der Waals surface area contributed by atoms with Gasteiger partial charge in [0, 0.05) is 35.2 Å². The summed E-state index contributed by atoms with van der Waals surface area (Å²) in [4.78, 5) is 21.3. The van der Waals surface area contributed by atoms with Crippen LogP contribution >= 0.6 is 0 Å². The molecule has 0 aliphatic rings. The van der Waals surface area contributed by atoms with Crippen LogP contribution in [0, 0.1) is 0 Å². The van der Waals surface area contributed by atoms with Gasteiger partial charge in [0.2, 0.25) is 5.91 Å². The van der Waals surface area contributed by atoms with Gasteiger partial charge in [-0.3, -0.25) is 4.79 Å². The van der Waals surface area contributed by atoms with E-state index in [1.54, 1.807) is 18.5 Å². The van der Waals surface area contributed by atoms with Crippen LogP contribution in [-0.2, 0) is 0 Å². The third-order valence-corrected chi connectivity index (χ3v) is 2.72. The standard InChI is InChI=1S/C12H10N4O/c13-11(17)7-5-10(16-6-7)8-1-3-14-12-9(8)2-4-15-12/h1-6,16H,(H2,13,17)(H,14,15). The summed E-state index contributed by atoms with van der Waals surface area (Å²) in [7, 11) is 0. The minimum Gasteiger partial charge on any atom is -0.366 e. The molecule has 0 fully saturated rings. The Bertz CT molecular complexity index is 695. The molecule has 4 N–H and O–H groups in total. The molecule has 3 heterocycles. The second kappa shape index (κ2) is 3.48. The average molecular weight is 226 g/mol. The molecule has 5 heteroatoms. The first-order chi connectivity index (χ1) is 8.25. The number of amides is 1. The smallest absolute Gasteiger partial charge is 0.250 e. The van der Waals surface area contributed by atoms with E-state index in [2.05, 4.69) is 15.0 Å². The van der Waals surface area contributed by atoms with E-state index in [1.807, 2.05) is 18.3 Å². The average Bonchev–Trinajstić information content (AvgIpc) is 2.97. The normalized spacial score (nSPS) is 10.8. The van der Waals surface area contributed by atoms with Crippen LogP contribution in [0.25, 0.3) is 22.3 Å². The highest BCUT2D eigenvalue weighted by Gasteiger charge is 2.09. The molecule has 3 aromatic rings. The molecular weight excluding hydrogens is 216 g/mol. The Kier molecular flexibility index (Phi) is 1.98. The topological polar surface area (TPSA) is 87.6 Å². The molecule has 3 aromatic heterocycles. The van der Waals surface area contributed by atoms with Crippen molar-refractivity contribution in [3.05, 3.63) is 42.4 Å². The van der Waals surface area contributed by atoms with Gasteiger partial charge in [0.1, 0.15) is 5.65 Å². The summed E-state index contributed by atoms with van der Waals surface area (Å²) in [5.41, 5.74) is 8.35. The highest BCUT2D eigenvalue weighted by molar-refractivity contribution is 5.97. The second-order valence-electron chi connectivity index (χ2n) is 3.76. The van der Waals surface area contributed by atoms with Gasteiger partial charge in [0.15, 0.2) is 0 Å². The van der Waals surface area contributed by atoms with Gasteiger partial charge in [-0.2, -0.15) is 0 Å². The van der Waals surface area contributed by atoms with Gasteiger partial charge in [-0.25, -0.2) is 4.98 Å². The number of fused-ring (bicyclic) bond motifs is 1. The van der Waals surface area contributed by atoms with Gasteiger partial charge in [-0.1, -0.05) is 0 Å². The van der Waals surface area contributed by atoms with Crippen molar-refractivity contribution in [2.45, 2.75) is 0 Å². The van der Waals surface area contributed by atoms with E-state index >= 15 is 0 Å². The summed E-state index contributed by atoms with van der Waals surface area (Å²) in [6.45, 7) is 0. The number of primary amides is 1. The van der Waals surface area contributed by atoms with Crippen LogP contribution in [0.1, 0.15) is 10.4 Å². The summed E-state index contributed by atoms with van der Waals surface area (Å²) in [6, 6.07) is 5.58. The zero-order valence-electron chi connectivity index (χ0n) is 8.90. The van der Waals surface area contributed by atoms with Gasteiger partial charge < -0.3 is 15.7 Å². The molecule has 0 unspecified atom stereocenters. The van der Waals surface area contributed by atoms with Crippen LogP contribution in [-0.4, -0.2) is 20.9 Å². The lowest BCUT2D eigenvalue weighted by molar-refractivity contribution is 0.100. The third-order valence-electron chi connectivity index (χ3n) is 2.72. The lowest BCUT2D eigenvalue weighted by Gasteiger charge is -1.99. The molecule has 0 aromatic carbocycles. The maximum Gasteiger partial charge on any atom is 0.250 e. The summed E-state index contributed by atoms with van der Waals surface area (Å²) in [6.07, 6.45) is 5.16. The van der Waals surface area contributed by atoms with Crippen molar-refractivity contribution in [3.8, 4) is 11.3 Å². The summed E-state index contributed by atoms with van der Waals surface area (Å²) < 4.78 is 0. The number of nitrogens with two attached hydrogens (primary N) is 1. The number of hydrogen-bond acceptors (Lipinski definition) is 2. The lowest BCUT2D eigenvalue weighted by atomic mass is 10.1. The molecule has 0 saturated heterocycles. The van der Waals surface area contributed by atoms with Crippen molar-refractivity contribution in [1.82, 2.24) is 15.0 Å². The van der Waals surface area contributed by atoms with Crippen LogP contribution < -0.4 is 5.73 Å².